The molecule has 5 aromatic carbocycles. The van der Waals surface area contributed by atoms with Crippen molar-refractivity contribution in [3.8, 4) is 22.3 Å². The summed E-state index contributed by atoms with van der Waals surface area (Å²) in [7, 11) is 0. The van der Waals surface area contributed by atoms with Gasteiger partial charge in [0, 0.05) is 26.5 Å². The molecule has 0 bridgehead atoms. The van der Waals surface area contributed by atoms with Crippen molar-refractivity contribution in [3.63, 3.8) is 0 Å². The van der Waals surface area contributed by atoms with Crippen LogP contribution in [0.4, 0.5) is 0 Å². The Morgan fingerprint density at radius 2 is 1.03 bits per heavy atom. The molecule has 0 saturated heterocycles. The highest BCUT2D eigenvalue weighted by atomic mass is 32.2. The molecule has 0 saturated carbocycles. The predicted octanol–water partition coefficient (Wildman–Crippen LogP) is 7.91. The van der Waals surface area contributed by atoms with Gasteiger partial charge in [-0.1, -0.05) is 115 Å². The van der Waals surface area contributed by atoms with Gasteiger partial charge in [-0.05, 0) is 45.0 Å². The van der Waals surface area contributed by atoms with Gasteiger partial charge >= 0.3 is 0 Å². The molecule has 1 heterocycles. The first-order valence-electron chi connectivity index (χ1n) is 11.6. The number of hydrogen-bond donors (Lipinski definition) is 1. The number of fused-ring (bicyclic) bond motifs is 13. The minimum Gasteiger partial charge on any atom is -0.300 e. The van der Waals surface area contributed by atoms with E-state index in [2.05, 4.69) is 103 Å². The molecule has 1 N–H and O–H groups in total. The Morgan fingerprint density at radius 3 is 1.74 bits per heavy atom. The van der Waals surface area contributed by atoms with Crippen molar-refractivity contribution in [1.82, 2.24) is 0 Å². The van der Waals surface area contributed by atoms with Gasteiger partial charge < -0.3 is 0 Å². The van der Waals surface area contributed by atoms with Gasteiger partial charge in [-0.3, -0.25) is 5.41 Å². The lowest BCUT2D eigenvalue weighted by molar-refractivity contribution is 0.723. The SMILES string of the molecule is N=C1c2ccccc2-c2c1ccc1c2Sc2ccccc2C12c1ccccc1-c1ccccc12. The van der Waals surface area contributed by atoms with Crippen LogP contribution in [-0.4, -0.2) is 5.71 Å². The molecule has 0 aromatic heterocycles. The van der Waals surface area contributed by atoms with Crippen LogP contribution in [0.1, 0.15) is 33.4 Å². The lowest BCUT2D eigenvalue weighted by atomic mass is 9.67. The zero-order chi connectivity index (χ0) is 22.4. The molecule has 0 amide bonds. The molecule has 0 atom stereocenters. The molecule has 0 unspecified atom stereocenters. The van der Waals surface area contributed by atoms with Gasteiger partial charge in [0.05, 0.1) is 11.1 Å². The minimum absolute atomic E-state index is 0.362. The molecular formula is C32H19NS. The number of nitrogens with one attached hydrogen (secondary N) is 1. The highest BCUT2D eigenvalue weighted by molar-refractivity contribution is 7.99. The van der Waals surface area contributed by atoms with Gasteiger partial charge in [0.15, 0.2) is 0 Å². The monoisotopic (exact) mass is 449 g/mol. The van der Waals surface area contributed by atoms with E-state index >= 15 is 0 Å². The molecule has 1 nitrogen and oxygen atoms in total. The standard InChI is InChI=1S/C32H19NS/c33-30-22-12-2-1-11-21(22)29-23(30)17-18-27-31(29)34-28-16-8-7-15-26(28)32(27)24-13-5-3-9-19(24)20-10-4-6-14-25(20)32/h1-18,33H. The fraction of sp³-hybridized carbons (Fsp3) is 0.0312. The quantitative estimate of drug-likeness (QED) is 0.250. The molecule has 1 aliphatic heterocycles. The van der Waals surface area contributed by atoms with Gasteiger partial charge in [0.2, 0.25) is 0 Å². The topological polar surface area (TPSA) is 23.9 Å². The summed E-state index contributed by atoms with van der Waals surface area (Å²) in [6.45, 7) is 0. The average Bonchev–Trinajstić information content (AvgIpc) is 3.36. The van der Waals surface area contributed by atoms with Gasteiger partial charge in [-0.15, -0.1) is 0 Å². The Labute approximate surface area is 202 Å². The zero-order valence-corrected chi connectivity index (χ0v) is 19.1. The van der Waals surface area contributed by atoms with Crippen molar-refractivity contribution in [2.45, 2.75) is 15.2 Å². The smallest absolute Gasteiger partial charge is 0.0735 e. The summed E-state index contributed by atoms with van der Waals surface area (Å²) >= 11 is 1.87. The van der Waals surface area contributed by atoms with E-state index in [0.29, 0.717) is 5.71 Å². The summed E-state index contributed by atoms with van der Waals surface area (Å²) in [5, 5.41) is 8.90. The Bertz CT molecular complexity index is 1670. The molecule has 8 rings (SSSR count). The average molecular weight is 450 g/mol. The Kier molecular flexibility index (Phi) is 3.47. The summed E-state index contributed by atoms with van der Waals surface area (Å²) in [6, 6.07) is 39.6. The molecular weight excluding hydrogens is 430 g/mol. The van der Waals surface area contributed by atoms with E-state index in [9.17, 15) is 0 Å². The highest BCUT2D eigenvalue weighted by Gasteiger charge is 2.51. The van der Waals surface area contributed by atoms with Crippen LogP contribution >= 0.6 is 11.8 Å². The fourth-order valence-corrected chi connectivity index (χ4v) is 7.81. The first-order valence-corrected chi connectivity index (χ1v) is 12.4. The Hall–Kier alpha value is -3.88. The zero-order valence-electron chi connectivity index (χ0n) is 18.3. The maximum absolute atomic E-state index is 8.90. The van der Waals surface area contributed by atoms with E-state index < -0.39 is 0 Å². The third-order valence-corrected chi connectivity index (χ3v) is 8.96. The molecule has 5 aromatic rings. The van der Waals surface area contributed by atoms with Crippen molar-refractivity contribution in [3.05, 3.63) is 143 Å². The largest absolute Gasteiger partial charge is 0.300 e. The highest BCUT2D eigenvalue weighted by Crippen LogP contribution is 2.64. The van der Waals surface area contributed by atoms with Crippen LogP contribution in [0.2, 0.25) is 0 Å². The molecule has 2 heteroatoms. The van der Waals surface area contributed by atoms with E-state index in [4.69, 9.17) is 5.41 Å². The van der Waals surface area contributed by atoms with E-state index in [0.717, 1.165) is 11.1 Å². The second kappa shape index (κ2) is 6.37. The Balaban J connectivity index is 1.58. The second-order valence-corrected chi connectivity index (χ2v) is 10.3. The van der Waals surface area contributed by atoms with Crippen molar-refractivity contribution >= 4 is 17.5 Å². The first-order chi connectivity index (χ1) is 16.8. The first kappa shape index (κ1) is 18.5. The van der Waals surface area contributed by atoms with E-state index in [-0.39, 0.29) is 5.41 Å². The fourth-order valence-electron chi connectivity index (χ4n) is 6.46. The minimum atomic E-state index is -0.362. The number of rotatable bonds is 0. The van der Waals surface area contributed by atoms with Gasteiger partial charge in [-0.2, -0.15) is 0 Å². The van der Waals surface area contributed by atoms with Crippen LogP contribution in [0.5, 0.6) is 0 Å². The van der Waals surface area contributed by atoms with Crippen LogP contribution < -0.4 is 0 Å². The van der Waals surface area contributed by atoms with Crippen LogP contribution in [0.15, 0.2) is 119 Å². The van der Waals surface area contributed by atoms with E-state index in [1.807, 2.05) is 17.8 Å². The van der Waals surface area contributed by atoms with Crippen molar-refractivity contribution in [2.24, 2.45) is 0 Å². The van der Waals surface area contributed by atoms with Gasteiger partial charge in [0.1, 0.15) is 0 Å². The lowest BCUT2D eigenvalue weighted by Gasteiger charge is -2.40. The summed E-state index contributed by atoms with van der Waals surface area (Å²) < 4.78 is 0. The van der Waals surface area contributed by atoms with E-state index in [1.165, 1.54) is 54.3 Å². The third kappa shape index (κ3) is 2.02. The lowest BCUT2D eigenvalue weighted by Crippen LogP contribution is -2.32. The molecule has 1 spiro atoms. The maximum Gasteiger partial charge on any atom is 0.0735 e. The van der Waals surface area contributed by atoms with Gasteiger partial charge in [0.25, 0.3) is 0 Å². The summed E-state index contributed by atoms with van der Waals surface area (Å²) in [5.41, 5.74) is 12.8. The van der Waals surface area contributed by atoms with Crippen LogP contribution in [-0.2, 0) is 5.41 Å². The van der Waals surface area contributed by atoms with Crippen molar-refractivity contribution in [1.29, 1.82) is 5.41 Å². The molecule has 34 heavy (non-hydrogen) atoms. The Morgan fingerprint density at radius 1 is 0.471 bits per heavy atom. The summed E-state index contributed by atoms with van der Waals surface area (Å²) in [6.07, 6.45) is 0. The van der Waals surface area contributed by atoms with Crippen molar-refractivity contribution < 1.29 is 0 Å². The maximum atomic E-state index is 8.90. The molecule has 0 radical (unpaired) electrons. The summed E-state index contributed by atoms with van der Waals surface area (Å²) in [4.78, 5) is 2.59. The molecule has 3 aliphatic rings. The van der Waals surface area contributed by atoms with Crippen molar-refractivity contribution in [2.75, 3.05) is 0 Å². The predicted molar refractivity (Wildman–Crippen MR) is 139 cm³/mol. The second-order valence-electron chi connectivity index (χ2n) is 9.22. The van der Waals surface area contributed by atoms with Crippen LogP contribution in [0.3, 0.4) is 0 Å². The normalized spacial score (nSPS) is 15.2. The molecule has 0 fully saturated rings. The molecule has 2 aliphatic carbocycles. The summed E-state index contributed by atoms with van der Waals surface area (Å²) in [5.74, 6) is 0. The van der Waals surface area contributed by atoms with Gasteiger partial charge in [-0.25, -0.2) is 0 Å². The third-order valence-electron chi connectivity index (χ3n) is 7.75. The van der Waals surface area contributed by atoms with Crippen LogP contribution in [0.25, 0.3) is 22.3 Å². The van der Waals surface area contributed by atoms with E-state index in [1.54, 1.807) is 0 Å². The number of hydrogen-bond acceptors (Lipinski definition) is 2. The van der Waals surface area contributed by atoms with Crippen LogP contribution in [0, 0.1) is 5.41 Å². The number of benzene rings is 5. The molecule has 158 valence electrons.